The van der Waals surface area contributed by atoms with Crippen molar-refractivity contribution >= 4 is 17.7 Å². The molecule has 0 saturated heterocycles. The van der Waals surface area contributed by atoms with E-state index < -0.39 is 11.9 Å². The Morgan fingerprint density at radius 3 is 2.95 bits per heavy atom. The van der Waals surface area contributed by atoms with Gasteiger partial charge in [0.25, 0.3) is 5.91 Å². The van der Waals surface area contributed by atoms with Gasteiger partial charge in [-0.3, -0.25) is 9.59 Å². The summed E-state index contributed by atoms with van der Waals surface area (Å²) in [5.41, 5.74) is 0.368. The molecule has 0 unspecified atom stereocenters. The van der Waals surface area contributed by atoms with E-state index in [1.807, 2.05) is 0 Å². The summed E-state index contributed by atoms with van der Waals surface area (Å²) in [7, 11) is 0. The third-order valence-corrected chi connectivity index (χ3v) is 2.69. The van der Waals surface area contributed by atoms with Crippen LogP contribution in [0.3, 0.4) is 0 Å². The van der Waals surface area contributed by atoms with Crippen LogP contribution in [0.1, 0.15) is 10.4 Å². The predicted octanol–water partition coefficient (Wildman–Crippen LogP) is 0.344. The topological polar surface area (TPSA) is 116 Å². The molecule has 3 rings (SSSR count). The molecule has 2 heterocycles. The molecule has 1 aromatic carbocycles. The second-order valence-corrected chi connectivity index (χ2v) is 4.18. The van der Waals surface area contributed by atoms with E-state index in [9.17, 15) is 9.59 Å². The van der Waals surface area contributed by atoms with Crippen molar-refractivity contribution in [3.63, 3.8) is 0 Å². The van der Waals surface area contributed by atoms with E-state index in [1.165, 1.54) is 6.20 Å². The number of carboxylic acids is 1. The molecule has 0 bridgehead atoms. The lowest BCUT2D eigenvalue weighted by molar-refractivity contribution is -0.138. The van der Waals surface area contributed by atoms with Crippen LogP contribution in [0.2, 0.25) is 0 Å². The number of fused-ring (bicyclic) bond motifs is 1. The van der Waals surface area contributed by atoms with E-state index in [2.05, 4.69) is 15.5 Å². The minimum Gasteiger partial charge on any atom is -0.480 e. The molecule has 2 N–H and O–H groups in total. The number of nitrogens with zero attached hydrogens (tertiary/aromatic N) is 3. The van der Waals surface area contributed by atoms with Crippen LogP contribution in [0.4, 0.5) is 5.82 Å². The second kappa shape index (κ2) is 5.12. The minimum atomic E-state index is -1.07. The molecule has 0 atom stereocenters. The van der Waals surface area contributed by atoms with Crippen molar-refractivity contribution in [1.29, 1.82) is 0 Å². The number of aromatic nitrogens is 3. The number of carbonyl (C=O) groups excluding carboxylic acids is 1. The fourth-order valence-corrected chi connectivity index (χ4v) is 1.78. The number of anilines is 1. The fourth-order valence-electron chi connectivity index (χ4n) is 1.78. The quantitative estimate of drug-likeness (QED) is 0.834. The number of aliphatic carboxylic acids is 1. The number of ether oxygens (including phenoxy) is 2. The van der Waals surface area contributed by atoms with Gasteiger partial charge in [0, 0.05) is 5.56 Å². The number of rotatable bonds is 4. The number of carboxylic acid groups (broad SMARTS) is 1. The number of amides is 1. The van der Waals surface area contributed by atoms with Gasteiger partial charge in [0.05, 0.1) is 6.20 Å². The Morgan fingerprint density at radius 2 is 2.14 bits per heavy atom. The van der Waals surface area contributed by atoms with Crippen molar-refractivity contribution < 1.29 is 24.2 Å². The van der Waals surface area contributed by atoms with Crippen molar-refractivity contribution in [3.8, 4) is 11.5 Å². The van der Waals surface area contributed by atoms with Crippen LogP contribution < -0.4 is 14.8 Å². The fraction of sp³-hybridized carbons (Fsp3) is 0.167. The molecule has 0 aliphatic carbocycles. The number of hydrogen-bond acceptors (Lipinski definition) is 6. The summed E-state index contributed by atoms with van der Waals surface area (Å²) < 4.78 is 10.3. The van der Waals surface area contributed by atoms with Gasteiger partial charge in [0.15, 0.2) is 23.9 Å². The summed E-state index contributed by atoms with van der Waals surface area (Å²) in [5.74, 6) is -0.232. The number of carbonyl (C=O) groups is 2. The molecule has 2 aromatic rings. The first-order chi connectivity index (χ1) is 10.1. The maximum Gasteiger partial charge on any atom is 0.327 e. The predicted molar refractivity (Wildman–Crippen MR) is 68.2 cm³/mol. The molecule has 1 aromatic heterocycles. The molecule has 0 spiro atoms. The van der Waals surface area contributed by atoms with Gasteiger partial charge in [-0.05, 0) is 18.2 Å². The number of benzene rings is 1. The molecule has 108 valence electrons. The van der Waals surface area contributed by atoms with Crippen LogP contribution in [-0.2, 0) is 11.3 Å². The van der Waals surface area contributed by atoms with Crippen molar-refractivity contribution in [1.82, 2.24) is 15.0 Å². The van der Waals surface area contributed by atoms with Gasteiger partial charge in [-0.15, -0.1) is 5.10 Å². The molecule has 0 radical (unpaired) electrons. The summed E-state index contributed by atoms with van der Waals surface area (Å²) in [4.78, 5) is 23.5. The smallest absolute Gasteiger partial charge is 0.327 e. The van der Waals surface area contributed by atoms with Crippen LogP contribution in [0.5, 0.6) is 11.5 Å². The summed E-state index contributed by atoms with van der Waals surface area (Å²) in [6, 6.07) is 4.78. The Morgan fingerprint density at radius 1 is 1.33 bits per heavy atom. The minimum absolute atomic E-state index is 0.129. The monoisotopic (exact) mass is 290 g/mol. The van der Waals surface area contributed by atoms with E-state index in [1.54, 1.807) is 18.2 Å². The van der Waals surface area contributed by atoms with Crippen molar-refractivity contribution in [2.75, 3.05) is 12.1 Å². The van der Waals surface area contributed by atoms with Crippen molar-refractivity contribution in [2.24, 2.45) is 0 Å². The third kappa shape index (κ3) is 2.76. The lowest BCUT2D eigenvalue weighted by atomic mass is 10.2. The Hall–Kier alpha value is -3.10. The number of hydrogen-bond donors (Lipinski definition) is 2. The molecular formula is C12H10N4O5. The van der Waals surface area contributed by atoms with Crippen LogP contribution in [-0.4, -0.2) is 38.8 Å². The standard InChI is InChI=1S/C12H10N4O5/c17-11(18)5-16-13-4-10(15-16)14-12(19)7-1-2-8-9(3-7)21-6-20-8/h1-4H,5-6H2,(H,17,18)(H,14,15,19). The average molecular weight is 290 g/mol. The summed E-state index contributed by atoms with van der Waals surface area (Å²) in [6.45, 7) is -0.246. The lowest BCUT2D eigenvalue weighted by Gasteiger charge is -2.02. The molecule has 1 amide bonds. The van der Waals surface area contributed by atoms with Gasteiger partial charge >= 0.3 is 5.97 Å². The Kier molecular flexibility index (Phi) is 3.14. The van der Waals surface area contributed by atoms with Crippen LogP contribution in [0.15, 0.2) is 24.4 Å². The van der Waals surface area contributed by atoms with Gasteiger partial charge in [0.2, 0.25) is 6.79 Å². The van der Waals surface area contributed by atoms with E-state index in [-0.39, 0.29) is 19.2 Å². The molecule has 1 aliphatic heterocycles. The Labute approximate surface area is 118 Å². The van der Waals surface area contributed by atoms with E-state index in [4.69, 9.17) is 14.6 Å². The highest BCUT2D eigenvalue weighted by molar-refractivity contribution is 6.04. The first-order valence-corrected chi connectivity index (χ1v) is 5.95. The maximum absolute atomic E-state index is 12.0. The average Bonchev–Trinajstić information content (AvgIpc) is 3.06. The molecule has 9 heteroatoms. The van der Waals surface area contributed by atoms with Crippen molar-refractivity contribution in [2.45, 2.75) is 6.54 Å². The summed E-state index contributed by atoms with van der Waals surface area (Å²) >= 11 is 0. The van der Waals surface area contributed by atoms with Crippen LogP contribution in [0, 0.1) is 0 Å². The van der Waals surface area contributed by atoms with Crippen LogP contribution >= 0.6 is 0 Å². The Bertz CT molecular complexity index is 711. The first kappa shape index (κ1) is 12.9. The zero-order valence-electron chi connectivity index (χ0n) is 10.6. The van der Waals surface area contributed by atoms with Crippen molar-refractivity contribution in [3.05, 3.63) is 30.0 Å². The SMILES string of the molecule is O=C(O)Cn1ncc(NC(=O)c2ccc3c(c2)OCO3)n1. The highest BCUT2D eigenvalue weighted by Crippen LogP contribution is 2.32. The normalized spacial score (nSPS) is 12.2. The van der Waals surface area contributed by atoms with Gasteiger partial charge in [-0.2, -0.15) is 9.90 Å². The van der Waals surface area contributed by atoms with Gasteiger partial charge in [-0.25, -0.2) is 0 Å². The molecule has 9 nitrogen and oxygen atoms in total. The van der Waals surface area contributed by atoms with Gasteiger partial charge < -0.3 is 19.9 Å². The van der Waals surface area contributed by atoms with E-state index >= 15 is 0 Å². The van der Waals surface area contributed by atoms with E-state index in [0.29, 0.717) is 17.1 Å². The molecular weight excluding hydrogens is 280 g/mol. The van der Waals surface area contributed by atoms with Gasteiger partial charge in [0.1, 0.15) is 0 Å². The molecule has 21 heavy (non-hydrogen) atoms. The summed E-state index contributed by atoms with van der Waals surface area (Å²) in [6.07, 6.45) is 1.27. The zero-order chi connectivity index (χ0) is 14.8. The zero-order valence-corrected chi connectivity index (χ0v) is 10.6. The second-order valence-electron chi connectivity index (χ2n) is 4.18. The largest absolute Gasteiger partial charge is 0.480 e. The first-order valence-electron chi connectivity index (χ1n) is 5.95. The van der Waals surface area contributed by atoms with Crippen LogP contribution in [0.25, 0.3) is 0 Å². The van der Waals surface area contributed by atoms with Gasteiger partial charge in [-0.1, -0.05) is 0 Å². The van der Waals surface area contributed by atoms with E-state index in [0.717, 1.165) is 4.80 Å². The molecule has 0 saturated carbocycles. The highest BCUT2D eigenvalue weighted by Gasteiger charge is 2.17. The maximum atomic E-state index is 12.0. The number of nitrogens with one attached hydrogen (secondary N) is 1. The summed E-state index contributed by atoms with van der Waals surface area (Å²) in [5, 5.41) is 18.7. The lowest BCUT2D eigenvalue weighted by Crippen LogP contribution is -2.14. The molecule has 0 fully saturated rings. The molecule has 1 aliphatic rings. The highest BCUT2D eigenvalue weighted by atomic mass is 16.7. The Balaban J connectivity index is 1.71. The third-order valence-electron chi connectivity index (χ3n) is 2.69.